The van der Waals surface area contributed by atoms with Crippen molar-refractivity contribution in [1.82, 2.24) is 5.43 Å². The second kappa shape index (κ2) is 4.56. The molecule has 0 amide bonds. The van der Waals surface area contributed by atoms with Gasteiger partial charge in [0.15, 0.2) is 0 Å². The van der Waals surface area contributed by atoms with Crippen molar-refractivity contribution >= 4 is 11.8 Å². The third-order valence-electron chi connectivity index (χ3n) is 1.89. The Balaban J connectivity index is 2.91. The first kappa shape index (κ1) is 10.4. The van der Waals surface area contributed by atoms with Crippen molar-refractivity contribution in [1.29, 1.82) is 0 Å². The summed E-state index contributed by atoms with van der Waals surface area (Å²) < 4.78 is 13.2. The van der Waals surface area contributed by atoms with Crippen molar-refractivity contribution in [2.24, 2.45) is 5.10 Å². The van der Waals surface area contributed by atoms with E-state index in [1.807, 2.05) is 6.07 Å². The van der Waals surface area contributed by atoms with Gasteiger partial charge in [-0.05, 0) is 29.7 Å². The van der Waals surface area contributed by atoms with Crippen LogP contribution in [0.5, 0.6) is 0 Å². The van der Waals surface area contributed by atoms with Crippen LogP contribution in [0.1, 0.15) is 11.1 Å². The van der Waals surface area contributed by atoms with Crippen LogP contribution in [0, 0.1) is 12.7 Å². The molecule has 2 nitrogen and oxygen atoms in total. The van der Waals surface area contributed by atoms with Crippen LogP contribution < -0.4 is 5.43 Å². The lowest BCUT2D eigenvalue weighted by Crippen LogP contribution is -1.95. The number of rotatable bonds is 3. The average molecular weight is 192 g/mol. The quantitative estimate of drug-likeness (QED) is 0.577. The highest BCUT2D eigenvalue weighted by Crippen LogP contribution is 2.14. The van der Waals surface area contributed by atoms with Crippen molar-refractivity contribution in [3.05, 3.63) is 41.7 Å². The Bertz CT molecular complexity index is 370. The summed E-state index contributed by atoms with van der Waals surface area (Å²) in [4.78, 5) is 0. The largest absolute Gasteiger partial charge is 0.313 e. The van der Waals surface area contributed by atoms with Gasteiger partial charge in [-0.2, -0.15) is 5.10 Å². The lowest BCUT2D eigenvalue weighted by atomic mass is 10.1. The van der Waals surface area contributed by atoms with Crippen molar-refractivity contribution in [3.63, 3.8) is 0 Å². The van der Waals surface area contributed by atoms with E-state index in [1.54, 1.807) is 26.3 Å². The zero-order chi connectivity index (χ0) is 10.6. The Hall–Kier alpha value is -1.64. The number of nitrogens with one attached hydrogen (secondary N) is 1. The van der Waals surface area contributed by atoms with Crippen LogP contribution in [0.4, 0.5) is 4.39 Å². The molecule has 0 saturated carbocycles. The van der Waals surface area contributed by atoms with Gasteiger partial charge in [-0.15, -0.1) is 0 Å². The minimum Gasteiger partial charge on any atom is -0.313 e. The van der Waals surface area contributed by atoms with Crippen molar-refractivity contribution < 1.29 is 4.39 Å². The predicted octanol–water partition coefficient (Wildman–Crippen LogP) is 2.35. The van der Waals surface area contributed by atoms with Crippen LogP contribution >= 0.6 is 0 Å². The molecule has 0 heterocycles. The molecular weight excluding hydrogens is 179 g/mol. The molecule has 3 heteroatoms. The molecule has 0 atom stereocenters. The monoisotopic (exact) mass is 192 g/mol. The maximum atomic E-state index is 13.2. The Morgan fingerprint density at radius 3 is 2.86 bits per heavy atom. The fraction of sp³-hybridized carbons (Fsp3) is 0.182. The first-order chi connectivity index (χ1) is 6.65. The van der Waals surface area contributed by atoms with Crippen LogP contribution in [0.2, 0.25) is 0 Å². The van der Waals surface area contributed by atoms with Gasteiger partial charge in [-0.1, -0.05) is 18.7 Å². The number of halogens is 1. The highest BCUT2D eigenvalue weighted by molar-refractivity contribution is 6.08. The van der Waals surface area contributed by atoms with Gasteiger partial charge in [0.2, 0.25) is 0 Å². The van der Waals surface area contributed by atoms with Gasteiger partial charge >= 0.3 is 0 Å². The number of hydrogen-bond acceptors (Lipinski definition) is 2. The third-order valence-corrected chi connectivity index (χ3v) is 1.89. The summed E-state index contributed by atoms with van der Waals surface area (Å²) >= 11 is 0. The molecule has 1 rings (SSSR count). The molecule has 0 aliphatic carbocycles. The third kappa shape index (κ3) is 2.42. The molecule has 0 bridgehead atoms. The zero-order valence-corrected chi connectivity index (χ0v) is 8.34. The smallest absolute Gasteiger partial charge is 0.126 e. The summed E-state index contributed by atoms with van der Waals surface area (Å²) in [7, 11) is 1.69. The van der Waals surface area contributed by atoms with Gasteiger partial charge in [-0.25, -0.2) is 4.39 Å². The molecule has 0 aliphatic rings. The van der Waals surface area contributed by atoms with E-state index in [-0.39, 0.29) is 5.82 Å². The first-order valence-electron chi connectivity index (χ1n) is 4.30. The molecule has 14 heavy (non-hydrogen) atoms. The molecule has 0 aliphatic heterocycles. The molecule has 0 spiro atoms. The topological polar surface area (TPSA) is 24.4 Å². The minimum absolute atomic E-state index is 0.221. The van der Waals surface area contributed by atoms with Gasteiger partial charge in [0, 0.05) is 7.05 Å². The van der Waals surface area contributed by atoms with Gasteiger partial charge in [0.1, 0.15) is 5.82 Å². The van der Waals surface area contributed by atoms with Gasteiger partial charge in [-0.3, -0.25) is 0 Å². The van der Waals surface area contributed by atoms with Gasteiger partial charge < -0.3 is 5.43 Å². The van der Waals surface area contributed by atoms with E-state index >= 15 is 0 Å². The van der Waals surface area contributed by atoms with E-state index in [0.29, 0.717) is 11.1 Å². The standard InChI is InChI=1S/C11H13FN2/c1-8-4-5-10(6-11(8)12)9(2)7-14-13-3/h4-7,13H,2H2,1,3H3/b14-7-. The predicted molar refractivity (Wildman–Crippen MR) is 57.7 cm³/mol. The number of hydrogen-bond donors (Lipinski definition) is 1. The SMILES string of the molecule is C=C(/C=N\NC)c1ccc(C)c(F)c1. The maximum Gasteiger partial charge on any atom is 0.126 e. The lowest BCUT2D eigenvalue weighted by molar-refractivity contribution is 0.618. The second-order valence-corrected chi connectivity index (χ2v) is 2.97. The molecule has 1 N–H and O–H groups in total. The molecule has 1 aromatic carbocycles. The summed E-state index contributed by atoms with van der Waals surface area (Å²) in [5, 5.41) is 3.80. The number of allylic oxidation sites excluding steroid dienone is 1. The fourth-order valence-electron chi connectivity index (χ4n) is 1.01. The van der Waals surface area contributed by atoms with Gasteiger partial charge in [0.25, 0.3) is 0 Å². The van der Waals surface area contributed by atoms with Crippen LogP contribution in [0.15, 0.2) is 29.9 Å². The molecular formula is C11H13FN2. The number of benzene rings is 1. The zero-order valence-electron chi connectivity index (χ0n) is 8.34. The Morgan fingerprint density at radius 2 is 2.29 bits per heavy atom. The molecule has 1 aromatic rings. The minimum atomic E-state index is -0.221. The highest BCUT2D eigenvalue weighted by atomic mass is 19.1. The maximum absolute atomic E-state index is 13.2. The van der Waals surface area contributed by atoms with Crippen molar-refractivity contribution in [3.8, 4) is 0 Å². The summed E-state index contributed by atoms with van der Waals surface area (Å²) in [5.41, 5.74) is 4.66. The Kier molecular flexibility index (Phi) is 3.40. The summed E-state index contributed by atoms with van der Waals surface area (Å²) in [6.45, 7) is 5.50. The van der Waals surface area contributed by atoms with Crippen molar-refractivity contribution in [2.45, 2.75) is 6.92 Å². The molecule has 0 aromatic heterocycles. The Morgan fingerprint density at radius 1 is 1.57 bits per heavy atom. The Labute approximate surface area is 83.1 Å². The highest BCUT2D eigenvalue weighted by Gasteiger charge is 2.00. The number of aryl methyl sites for hydroxylation is 1. The summed E-state index contributed by atoms with van der Waals surface area (Å²) in [6.07, 6.45) is 1.56. The number of hydrazone groups is 1. The van der Waals surface area contributed by atoms with E-state index in [0.717, 1.165) is 5.56 Å². The van der Waals surface area contributed by atoms with Crippen LogP contribution in [-0.2, 0) is 0 Å². The van der Waals surface area contributed by atoms with E-state index in [2.05, 4.69) is 17.1 Å². The normalized spacial score (nSPS) is 10.5. The van der Waals surface area contributed by atoms with Crippen LogP contribution in [0.25, 0.3) is 5.57 Å². The van der Waals surface area contributed by atoms with E-state index in [1.165, 1.54) is 6.07 Å². The fourth-order valence-corrected chi connectivity index (χ4v) is 1.01. The average Bonchev–Trinajstić information content (AvgIpc) is 2.18. The molecule has 0 saturated heterocycles. The molecule has 0 fully saturated rings. The number of nitrogens with zero attached hydrogens (tertiary/aromatic N) is 1. The van der Waals surface area contributed by atoms with E-state index in [9.17, 15) is 4.39 Å². The first-order valence-corrected chi connectivity index (χ1v) is 4.30. The summed E-state index contributed by atoms with van der Waals surface area (Å²) in [5.74, 6) is -0.221. The molecule has 0 radical (unpaired) electrons. The van der Waals surface area contributed by atoms with Crippen LogP contribution in [-0.4, -0.2) is 13.3 Å². The van der Waals surface area contributed by atoms with Gasteiger partial charge in [0.05, 0.1) is 6.21 Å². The van der Waals surface area contributed by atoms with E-state index in [4.69, 9.17) is 0 Å². The molecule has 74 valence electrons. The van der Waals surface area contributed by atoms with Crippen LogP contribution in [0.3, 0.4) is 0 Å². The summed E-state index contributed by atoms with van der Waals surface area (Å²) in [6, 6.07) is 5.00. The molecule has 0 unspecified atom stereocenters. The van der Waals surface area contributed by atoms with E-state index < -0.39 is 0 Å². The second-order valence-electron chi connectivity index (χ2n) is 2.97. The van der Waals surface area contributed by atoms with Crippen molar-refractivity contribution in [2.75, 3.05) is 7.05 Å². The lowest BCUT2D eigenvalue weighted by Gasteiger charge is -2.01.